The van der Waals surface area contributed by atoms with Crippen molar-refractivity contribution in [3.05, 3.63) is 29.6 Å². The highest BCUT2D eigenvalue weighted by atomic mass is 19.1. The van der Waals surface area contributed by atoms with Gasteiger partial charge in [0.25, 0.3) is 5.91 Å². The minimum absolute atomic E-state index is 0.0125. The molecule has 1 aliphatic rings. The average Bonchev–Trinajstić information content (AvgIpc) is 2.40. The lowest BCUT2D eigenvalue weighted by molar-refractivity contribution is 0.0924. The van der Waals surface area contributed by atoms with Crippen LogP contribution in [0.4, 0.5) is 10.1 Å². The van der Waals surface area contributed by atoms with Crippen molar-refractivity contribution in [3.63, 3.8) is 0 Å². The fourth-order valence-electron chi connectivity index (χ4n) is 2.42. The molecule has 1 heterocycles. The summed E-state index contributed by atoms with van der Waals surface area (Å²) in [5, 5.41) is 2.79. The van der Waals surface area contributed by atoms with E-state index in [1.54, 1.807) is 0 Å². The summed E-state index contributed by atoms with van der Waals surface area (Å²) in [4.78, 5) is 14.2. The van der Waals surface area contributed by atoms with Crippen molar-refractivity contribution in [2.45, 2.75) is 25.3 Å². The molecule has 0 spiro atoms. The van der Waals surface area contributed by atoms with Gasteiger partial charge in [0.2, 0.25) is 0 Å². The van der Waals surface area contributed by atoms with Crippen molar-refractivity contribution < 1.29 is 9.18 Å². The number of nitrogen functional groups attached to an aromatic ring is 1. The Morgan fingerprint density at radius 2 is 2.32 bits per heavy atom. The Labute approximate surface area is 112 Å². The van der Waals surface area contributed by atoms with E-state index in [0.717, 1.165) is 13.0 Å². The highest BCUT2D eigenvalue weighted by Gasteiger charge is 2.20. The molecular formula is C14H20FN3O. The Kier molecular flexibility index (Phi) is 4.37. The summed E-state index contributed by atoms with van der Waals surface area (Å²) in [5.74, 6) is -0.938. The predicted octanol–water partition coefficient (Wildman–Crippen LogP) is 1.62. The van der Waals surface area contributed by atoms with Gasteiger partial charge in [0.05, 0.1) is 5.56 Å². The minimum Gasteiger partial charge on any atom is -0.399 e. The molecule has 19 heavy (non-hydrogen) atoms. The molecule has 1 aromatic rings. The SMILES string of the molecule is CN1CCCCC1CNC(=O)c1cc(N)ccc1F. The number of piperidine rings is 1. The maximum absolute atomic E-state index is 13.5. The van der Waals surface area contributed by atoms with E-state index in [-0.39, 0.29) is 5.56 Å². The molecule has 0 radical (unpaired) electrons. The van der Waals surface area contributed by atoms with Crippen molar-refractivity contribution >= 4 is 11.6 Å². The number of carbonyl (C=O) groups is 1. The average molecular weight is 265 g/mol. The largest absolute Gasteiger partial charge is 0.399 e. The van der Waals surface area contributed by atoms with Crippen molar-refractivity contribution in [1.29, 1.82) is 0 Å². The Morgan fingerprint density at radius 1 is 1.53 bits per heavy atom. The molecule has 1 unspecified atom stereocenters. The van der Waals surface area contributed by atoms with Crippen LogP contribution in [0.1, 0.15) is 29.6 Å². The number of nitrogens with one attached hydrogen (secondary N) is 1. The van der Waals surface area contributed by atoms with Crippen molar-refractivity contribution in [2.24, 2.45) is 0 Å². The normalized spacial score (nSPS) is 20.2. The fourth-order valence-corrected chi connectivity index (χ4v) is 2.42. The third-order valence-electron chi connectivity index (χ3n) is 3.65. The standard InChI is InChI=1S/C14H20FN3O/c1-18-7-3-2-4-11(18)9-17-14(19)12-8-10(16)5-6-13(12)15/h5-6,8,11H,2-4,7,9,16H2,1H3,(H,17,19). The molecule has 1 fully saturated rings. The smallest absolute Gasteiger partial charge is 0.254 e. The Balaban J connectivity index is 1.95. The molecule has 5 heteroatoms. The Morgan fingerprint density at radius 3 is 3.05 bits per heavy atom. The maximum atomic E-state index is 13.5. The van der Waals surface area contributed by atoms with Crippen LogP contribution in [-0.4, -0.2) is 37.0 Å². The van der Waals surface area contributed by atoms with Crippen molar-refractivity contribution in [1.82, 2.24) is 10.2 Å². The molecule has 0 aromatic heterocycles. The van der Waals surface area contributed by atoms with Crippen LogP contribution in [0.3, 0.4) is 0 Å². The van der Waals surface area contributed by atoms with E-state index in [1.807, 2.05) is 0 Å². The minimum atomic E-state index is -0.538. The van der Waals surface area contributed by atoms with Crippen LogP contribution in [0, 0.1) is 5.82 Å². The summed E-state index contributed by atoms with van der Waals surface area (Å²) in [6.45, 7) is 1.59. The van der Waals surface area contributed by atoms with Crippen LogP contribution >= 0.6 is 0 Å². The molecule has 4 nitrogen and oxygen atoms in total. The molecule has 0 aliphatic carbocycles. The number of hydrogen-bond acceptors (Lipinski definition) is 3. The number of nitrogens with zero attached hydrogens (tertiary/aromatic N) is 1. The Bertz CT molecular complexity index is 464. The van der Waals surface area contributed by atoms with Crippen LogP contribution in [0.15, 0.2) is 18.2 Å². The van der Waals surface area contributed by atoms with Gasteiger partial charge in [-0.25, -0.2) is 4.39 Å². The predicted molar refractivity (Wildman–Crippen MR) is 73.4 cm³/mol. The zero-order chi connectivity index (χ0) is 13.8. The molecule has 1 amide bonds. The Hall–Kier alpha value is -1.62. The van der Waals surface area contributed by atoms with Gasteiger partial charge < -0.3 is 16.0 Å². The molecular weight excluding hydrogens is 245 g/mol. The zero-order valence-corrected chi connectivity index (χ0v) is 11.2. The molecule has 104 valence electrons. The van der Waals surface area contributed by atoms with Gasteiger partial charge in [-0.15, -0.1) is 0 Å². The molecule has 0 saturated carbocycles. The van der Waals surface area contributed by atoms with Gasteiger partial charge in [0.15, 0.2) is 0 Å². The summed E-state index contributed by atoms with van der Waals surface area (Å²) in [6.07, 6.45) is 3.44. The van der Waals surface area contributed by atoms with E-state index in [0.29, 0.717) is 18.3 Å². The van der Waals surface area contributed by atoms with E-state index >= 15 is 0 Å². The van der Waals surface area contributed by atoms with Gasteiger partial charge in [-0.2, -0.15) is 0 Å². The molecule has 2 rings (SSSR count). The van der Waals surface area contributed by atoms with Crippen molar-refractivity contribution in [3.8, 4) is 0 Å². The third kappa shape index (κ3) is 3.44. The van der Waals surface area contributed by atoms with Gasteiger partial charge in [-0.3, -0.25) is 4.79 Å². The lowest BCUT2D eigenvalue weighted by atomic mass is 10.0. The van der Waals surface area contributed by atoms with E-state index in [9.17, 15) is 9.18 Å². The number of rotatable bonds is 3. The first-order chi connectivity index (χ1) is 9.08. The second kappa shape index (κ2) is 6.02. The van der Waals surface area contributed by atoms with Crippen molar-refractivity contribution in [2.75, 3.05) is 25.9 Å². The molecule has 1 aliphatic heterocycles. The summed E-state index contributed by atoms with van der Waals surface area (Å²) in [6, 6.07) is 4.37. The van der Waals surface area contributed by atoms with Crippen LogP contribution < -0.4 is 11.1 Å². The van der Waals surface area contributed by atoms with E-state index < -0.39 is 11.7 Å². The highest BCUT2D eigenvalue weighted by molar-refractivity contribution is 5.95. The molecule has 1 saturated heterocycles. The molecule has 3 N–H and O–H groups in total. The van der Waals surface area contributed by atoms with Crippen LogP contribution in [0.25, 0.3) is 0 Å². The van der Waals surface area contributed by atoms with Crippen LogP contribution in [0.5, 0.6) is 0 Å². The van der Waals surface area contributed by atoms with E-state index in [2.05, 4.69) is 17.3 Å². The number of likely N-dealkylation sites (N-methyl/N-ethyl adjacent to an activating group) is 1. The summed E-state index contributed by atoms with van der Waals surface area (Å²) >= 11 is 0. The second-order valence-corrected chi connectivity index (χ2v) is 5.08. The number of benzene rings is 1. The lowest BCUT2D eigenvalue weighted by Gasteiger charge is -2.32. The first kappa shape index (κ1) is 13.8. The fraction of sp³-hybridized carbons (Fsp3) is 0.500. The number of nitrogens with two attached hydrogens (primary N) is 1. The monoisotopic (exact) mass is 265 g/mol. The summed E-state index contributed by atoms with van der Waals surface area (Å²) in [7, 11) is 2.05. The zero-order valence-electron chi connectivity index (χ0n) is 11.2. The number of hydrogen-bond donors (Lipinski definition) is 2. The number of likely N-dealkylation sites (tertiary alicyclic amines) is 1. The number of amides is 1. The third-order valence-corrected chi connectivity index (χ3v) is 3.65. The second-order valence-electron chi connectivity index (χ2n) is 5.08. The van der Waals surface area contributed by atoms with Crippen LogP contribution in [-0.2, 0) is 0 Å². The van der Waals surface area contributed by atoms with Gasteiger partial charge >= 0.3 is 0 Å². The number of anilines is 1. The molecule has 1 aromatic carbocycles. The van der Waals surface area contributed by atoms with E-state index in [4.69, 9.17) is 5.73 Å². The first-order valence-electron chi connectivity index (χ1n) is 6.61. The first-order valence-corrected chi connectivity index (χ1v) is 6.61. The molecule has 1 atom stereocenters. The number of carbonyl (C=O) groups excluding carboxylic acids is 1. The van der Waals surface area contributed by atoms with E-state index in [1.165, 1.54) is 31.0 Å². The van der Waals surface area contributed by atoms with Gasteiger partial charge in [0, 0.05) is 18.3 Å². The summed E-state index contributed by atoms with van der Waals surface area (Å²) in [5.41, 5.74) is 5.97. The summed E-state index contributed by atoms with van der Waals surface area (Å²) < 4.78 is 13.5. The van der Waals surface area contributed by atoms with Crippen LogP contribution in [0.2, 0.25) is 0 Å². The lowest BCUT2D eigenvalue weighted by Crippen LogP contribution is -2.44. The van der Waals surface area contributed by atoms with Gasteiger partial charge in [-0.05, 0) is 44.6 Å². The van der Waals surface area contributed by atoms with Gasteiger partial charge in [-0.1, -0.05) is 6.42 Å². The molecule has 0 bridgehead atoms. The highest BCUT2D eigenvalue weighted by Crippen LogP contribution is 2.15. The topological polar surface area (TPSA) is 58.4 Å². The quantitative estimate of drug-likeness (QED) is 0.817. The maximum Gasteiger partial charge on any atom is 0.254 e. The van der Waals surface area contributed by atoms with Gasteiger partial charge in [0.1, 0.15) is 5.82 Å². The number of halogens is 1.